The summed E-state index contributed by atoms with van der Waals surface area (Å²) >= 11 is 6.99. The fourth-order valence-electron chi connectivity index (χ4n) is 3.48. The minimum absolute atomic E-state index is 0.280. The van der Waals surface area contributed by atoms with Gasteiger partial charge in [0.05, 0.1) is 11.1 Å². The maximum Gasteiger partial charge on any atom is 0.210 e. The number of hydrogen-bond donors (Lipinski definition) is 1. The van der Waals surface area contributed by atoms with Gasteiger partial charge in [-0.1, -0.05) is 49.6 Å². The Labute approximate surface area is 155 Å². The molecule has 2 aliphatic rings. The zero-order valence-corrected chi connectivity index (χ0v) is 15.4. The molecule has 0 radical (unpaired) electrons. The zero-order chi connectivity index (χ0) is 17.2. The van der Waals surface area contributed by atoms with E-state index in [2.05, 4.69) is 10.2 Å². The molecule has 0 amide bonds. The molecule has 0 saturated heterocycles. The van der Waals surface area contributed by atoms with Crippen LogP contribution in [0.25, 0.3) is 6.08 Å². The maximum absolute atomic E-state index is 10.8. The van der Waals surface area contributed by atoms with Crippen molar-refractivity contribution in [2.45, 2.75) is 38.1 Å². The predicted molar refractivity (Wildman–Crippen MR) is 106 cm³/mol. The SMILES string of the molecule is Oc1c(/C=C2\C=NN=C2c2ccccc2)sc(=S)n1C1CCCCC1. The van der Waals surface area contributed by atoms with Gasteiger partial charge in [0.2, 0.25) is 5.88 Å². The molecule has 4 nitrogen and oxygen atoms in total. The van der Waals surface area contributed by atoms with Gasteiger partial charge in [0.15, 0.2) is 3.95 Å². The first-order valence-corrected chi connectivity index (χ1v) is 9.79. The number of thiazole rings is 1. The summed E-state index contributed by atoms with van der Waals surface area (Å²) in [6, 6.07) is 10.3. The number of allylic oxidation sites excluding steroid dienone is 1. The largest absolute Gasteiger partial charge is 0.493 e. The van der Waals surface area contributed by atoms with Gasteiger partial charge < -0.3 is 5.11 Å². The second-order valence-electron chi connectivity index (χ2n) is 6.38. The number of aromatic hydroxyl groups is 1. The summed E-state index contributed by atoms with van der Waals surface area (Å²) in [5.74, 6) is 0.280. The molecular weight excluding hydrogens is 350 g/mol. The van der Waals surface area contributed by atoms with Crippen LogP contribution in [0, 0.1) is 3.95 Å². The van der Waals surface area contributed by atoms with E-state index in [1.807, 2.05) is 41.0 Å². The summed E-state index contributed by atoms with van der Waals surface area (Å²) < 4.78 is 2.68. The summed E-state index contributed by atoms with van der Waals surface area (Å²) in [7, 11) is 0. The fourth-order valence-corrected chi connectivity index (χ4v) is 4.89. The van der Waals surface area contributed by atoms with Gasteiger partial charge in [-0.15, -0.1) is 16.4 Å². The van der Waals surface area contributed by atoms with Crippen molar-refractivity contribution < 1.29 is 5.11 Å². The minimum Gasteiger partial charge on any atom is -0.493 e. The quantitative estimate of drug-likeness (QED) is 0.740. The first-order valence-electron chi connectivity index (χ1n) is 8.57. The molecule has 1 saturated carbocycles. The monoisotopic (exact) mass is 369 g/mol. The second-order valence-corrected chi connectivity index (χ2v) is 8.05. The van der Waals surface area contributed by atoms with Crippen molar-refractivity contribution in [1.29, 1.82) is 0 Å². The number of nitrogens with zero attached hydrogens (tertiary/aromatic N) is 3. The third-order valence-corrected chi connectivity index (χ3v) is 6.08. The summed E-state index contributed by atoms with van der Waals surface area (Å²) in [5, 5.41) is 19.0. The lowest BCUT2D eigenvalue weighted by molar-refractivity contribution is 0.312. The zero-order valence-electron chi connectivity index (χ0n) is 13.8. The third kappa shape index (κ3) is 3.24. The van der Waals surface area contributed by atoms with E-state index in [-0.39, 0.29) is 5.88 Å². The lowest BCUT2D eigenvalue weighted by Gasteiger charge is -2.23. The first-order chi connectivity index (χ1) is 12.2. The van der Waals surface area contributed by atoms with Gasteiger partial charge in [-0.3, -0.25) is 4.57 Å². The van der Waals surface area contributed by atoms with E-state index in [4.69, 9.17) is 12.2 Å². The molecular formula is C19H19N3OS2. The van der Waals surface area contributed by atoms with Gasteiger partial charge in [-0.2, -0.15) is 5.10 Å². The lowest BCUT2D eigenvalue weighted by Crippen LogP contribution is -2.12. The summed E-state index contributed by atoms with van der Waals surface area (Å²) in [5.41, 5.74) is 2.73. The van der Waals surface area contributed by atoms with Crippen LogP contribution in [0.5, 0.6) is 5.88 Å². The Morgan fingerprint density at radius 1 is 1.16 bits per heavy atom. The Bertz CT molecular complexity index is 916. The second kappa shape index (κ2) is 7.06. The van der Waals surface area contributed by atoms with E-state index in [9.17, 15) is 5.11 Å². The normalized spacial score (nSPS) is 19.5. The third-order valence-electron chi connectivity index (χ3n) is 4.74. The number of benzene rings is 1. The summed E-state index contributed by atoms with van der Waals surface area (Å²) in [6.45, 7) is 0. The van der Waals surface area contributed by atoms with E-state index in [1.165, 1.54) is 30.6 Å². The van der Waals surface area contributed by atoms with Crippen LogP contribution in [0.2, 0.25) is 0 Å². The first kappa shape index (κ1) is 16.4. The van der Waals surface area contributed by atoms with Crippen molar-refractivity contribution in [2.75, 3.05) is 0 Å². The Balaban J connectivity index is 1.69. The molecule has 128 valence electrons. The van der Waals surface area contributed by atoms with Crippen LogP contribution in [-0.2, 0) is 0 Å². The van der Waals surface area contributed by atoms with Crippen LogP contribution < -0.4 is 0 Å². The number of rotatable bonds is 3. The van der Waals surface area contributed by atoms with E-state index in [0.29, 0.717) is 6.04 Å². The summed E-state index contributed by atoms with van der Waals surface area (Å²) in [4.78, 5) is 0.780. The average Bonchev–Trinajstić information content (AvgIpc) is 3.21. The molecule has 2 aromatic rings. The smallest absolute Gasteiger partial charge is 0.210 e. The van der Waals surface area contributed by atoms with Crippen molar-refractivity contribution in [1.82, 2.24) is 4.57 Å². The Morgan fingerprint density at radius 2 is 1.92 bits per heavy atom. The molecule has 1 aromatic heterocycles. The van der Waals surface area contributed by atoms with Crippen LogP contribution in [0.15, 0.2) is 46.1 Å². The lowest BCUT2D eigenvalue weighted by atomic mass is 9.95. The van der Waals surface area contributed by atoms with Gasteiger partial charge in [-0.05, 0) is 31.1 Å². The molecule has 0 atom stereocenters. The fraction of sp³-hybridized carbons (Fsp3) is 0.316. The topological polar surface area (TPSA) is 49.9 Å². The van der Waals surface area contributed by atoms with Crippen molar-refractivity contribution >= 4 is 41.6 Å². The van der Waals surface area contributed by atoms with Crippen LogP contribution in [0.3, 0.4) is 0 Å². The standard InChI is InChI=1S/C19H19N3OS2/c23-18-16(25-19(24)22(18)15-9-5-2-6-10-15)11-14-12-20-21-17(14)13-7-3-1-4-8-13/h1,3-4,7-8,11-12,15,23H,2,5-6,9-10H2/b14-11+. The molecule has 25 heavy (non-hydrogen) atoms. The van der Waals surface area contributed by atoms with Crippen molar-refractivity contribution in [2.24, 2.45) is 10.2 Å². The van der Waals surface area contributed by atoms with Gasteiger partial charge in [0.25, 0.3) is 0 Å². The molecule has 0 bridgehead atoms. The van der Waals surface area contributed by atoms with Crippen LogP contribution in [0.4, 0.5) is 0 Å². The van der Waals surface area contributed by atoms with Gasteiger partial charge in [0.1, 0.15) is 5.71 Å². The highest BCUT2D eigenvalue weighted by Crippen LogP contribution is 2.37. The van der Waals surface area contributed by atoms with Gasteiger partial charge in [-0.25, -0.2) is 0 Å². The highest BCUT2D eigenvalue weighted by molar-refractivity contribution is 7.73. The average molecular weight is 370 g/mol. The minimum atomic E-state index is 0.280. The van der Waals surface area contributed by atoms with E-state index in [1.54, 1.807) is 6.21 Å². The number of hydrogen-bond acceptors (Lipinski definition) is 5. The van der Waals surface area contributed by atoms with E-state index < -0.39 is 0 Å². The predicted octanol–water partition coefficient (Wildman–Crippen LogP) is 5.36. The van der Waals surface area contributed by atoms with Crippen molar-refractivity contribution in [3.05, 3.63) is 50.3 Å². The van der Waals surface area contributed by atoms with Crippen LogP contribution in [-0.4, -0.2) is 21.6 Å². The van der Waals surface area contributed by atoms with Gasteiger partial charge in [0, 0.05) is 17.2 Å². The highest BCUT2D eigenvalue weighted by Gasteiger charge is 2.22. The molecule has 1 aromatic carbocycles. The van der Waals surface area contributed by atoms with Crippen LogP contribution >= 0.6 is 23.6 Å². The van der Waals surface area contributed by atoms with Crippen molar-refractivity contribution in [3.8, 4) is 5.88 Å². The molecule has 0 unspecified atom stereocenters. The Hall–Kier alpha value is -2.05. The Kier molecular flexibility index (Phi) is 4.63. The maximum atomic E-state index is 10.8. The summed E-state index contributed by atoms with van der Waals surface area (Å²) in [6.07, 6.45) is 9.54. The highest BCUT2D eigenvalue weighted by atomic mass is 32.1. The van der Waals surface area contributed by atoms with E-state index in [0.717, 1.165) is 38.5 Å². The van der Waals surface area contributed by atoms with Crippen LogP contribution in [0.1, 0.15) is 48.6 Å². The molecule has 6 heteroatoms. The molecule has 1 aliphatic carbocycles. The number of aromatic nitrogens is 1. The molecule has 1 fully saturated rings. The molecule has 0 spiro atoms. The molecule has 2 heterocycles. The van der Waals surface area contributed by atoms with Crippen molar-refractivity contribution in [3.63, 3.8) is 0 Å². The molecule has 4 rings (SSSR count). The molecule has 1 N–H and O–H groups in total. The van der Waals surface area contributed by atoms with Gasteiger partial charge >= 0.3 is 0 Å². The Morgan fingerprint density at radius 3 is 2.68 bits per heavy atom. The molecule has 1 aliphatic heterocycles. The van der Waals surface area contributed by atoms with E-state index >= 15 is 0 Å².